The normalized spacial score (nSPS) is 21.7. The zero-order chi connectivity index (χ0) is 35.6. The van der Waals surface area contributed by atoms with Crippen molar-refractivity contribution < 1.29 is 29.0 Å². The van der Waals surface area contributed by atoms with Crippen LogP contribution in [0, 0.1) is 11.8 Å². The number of nitrogens with zero attached hydrogens (tertiary/aromatic N) is 2. The number of anilines is 2. The lowest BCUT2D eigenvalue weighted by atomic mass is 9.88. The quantitative estimate of drug-likeness (QED) is 0.240. The van der Waals surface area contributed by atoms with Gasteiger partial charge in [0.25, 0.3) is 5.91 Å². The molecule has 0 radical (unpaired) electrons. The number of carbonyl (C=O) groups is 3. The van der Waals surface area contributed by atoms with E-state index in [1.54, 1.807) is 35.0 Å². The summed E-state index contributed by atoms with van der Waals surface area (Å²) in [5, 5.41) is 18.4. The number of rotatable bonds is 7. The predicted molar refractivity (Wildman–Crippen MR) is 198 cm³/mol. The largest absolute Gasteiger partial charge is 0.490 e. The number of nitrogens with one attached hydrogen (secondary N) is 2. The van der Waals surface area contributed by atoms with E-state index in [-0.39, 0.29) is 55.0 Å². The number of carbonyl (C=O) groups excluding carboxylic acids is 3. The van der Waals surface area contributed by atoms with Gasteiger partial charge < -0.3 is 35.0 Å². The molecule has 0 bridgehead atoms. The number of hydrogen-bond donors (Lipinski definition) is 3. The molecule has 1 saturated carbocycles. The van der Waals surface area contributed by atoms with E-state index in [2.05, 4.69) is 10.6 Å². The smallest absolute Gasteiger partial charge is 0.321 e. The van der Waals surface area contributed by atoms with E-state index in [4.69, 9.17) is 9.47 Å². The van der Waals surface area contributed by atoms with Gasteiger partial charge in [0.2, 0.25) is 5.91 Å². The van der Waals surface area contributed by atoms with Crippen molar-refractivity contribution in [3.63, 3.8) is 0 Å². The Bertz CT molecular complexity index is 1600. The van der Waals surface area contributed by atoms with Crippen LogP contribution >= 0.6 is 0 Å². The number of amides is 4. The van der Waals surface area contributed by atoms with Crippen LogP contribution in [0.2, 0.25) is 0 Å². The fourth-order valence-corrected chi connectivity index (χ4v) is 6.97. The lowest BCUT2D eigenvalue weighted by Gasteiger charge is -2.36. The summed E-state index contributed by atoms with van der Waals surface area (Å²) in [6.07, 6.45) is 6.92. The molecule has 50 heavy (non-hydrogen) atoms. The van der Waals surface area contributed by atoms with Crippen molar-refractivity contribution in [2.75, 3.05) is 44.0 Å². The Labute approximate surface area is 296 Å². The molecule has 2 aliphatic rings. The number of aliphatic hydroxyl groups excluding tert-OH is 1. The van der Waals surface area contributed by atoms with Crippen LogP contribution in [0.1, 0.15) is 82.5 Å². The number of hydrogen-bond acceptors (Lipinski definition) is 6. The Morgan fingerprint density at radius 2 is 1.70 bits per heavy atom. The molecular formula is C40H54N4O6. The Hall–Kier alpha value is -4.15. The Morgan fingerprint density at radius 1 is 0.960 bits per heavy atom. The lowest BCUT2D eigenvalue weighted by Crippen LogP contribution is -2.48. The van der Waals surface area contributed by atoms with Gasteiger partial charge in [-0.25, -0.2) is 4.79 Å². The molecule has 0 unspecified atom stereocenters. The summed E-state index contributed by atoms with van der Waals surface area (Å²) < 4.78 is 12.8. The van der Waals surface area contributed by atoms with E-state index >= 15 is 0 Å². The zero-order valence-electron chi connectivity index (χ0n) is 30.0. The molecular weight excluding hydrogens is 632 g/mol. The monoisotopic (exact) mass is 686 g/mol. The fraction of sp³-hybridized carbons (Fsp3) is 0.525. The highest BCUT2D eigenvalue weighted by molar-refractivity contribution is 6.02. The highest BCUT2D eigenvalue weighted by Crippen LogP contribution is 2.30. The first kappa shape index (κ1) is 37.1. The number of benzene rings is 3. The first-order valence-corrected chi connectivity index (χ1v) is 18.3. The topological polar surface area (TPSA) is 120 Å². The summed E-state index contributed by atoms with van der Waals surface area (Å²) in [4.78, 5) is 44.3. The Morgan fingerprint density at radius 3 is 2.48 bits per heavy atom. The second-order valence-corrected chi connectivity index (χ2v) is 14.2. The zero-order valence-corrected chi connectivity index (χ0v) is 30.0. The first-order valence-electron chi connectivity index (χ1n) is 18.3. The Balaban J connectivity index is 1.37. The van der Waals surface area contributed by atoms with Crippen molar-refractivity contribution in [3.05, 3.63) is 66.2 Å². The molecule has 3 aromatic rings. The summed E-state index contributed by atoms with van der Waals surface area (Å²) in [6, 6.07) is 18.3. The maximum absolute atomic E-state index is 14.5. The third-order valence-electron chi connectivity index (χ3n) is 10.1. The Kier molecular flexibility index (Phi) is 13.1. The van der Waals surface area contributed by atoms with Crippen molar-refractivity contribution in [3.8, 4) is 5.75 Å². The molecule has 1 fully saturated rings. The van der Waals surface area contributed by atoms with Gasteiger partial charge in [-0.15, -0.1) is 0 Å². The summed E-state index contributed by atoms with van der Waals surface area (Å²) in [6.45, 7) is 6.66. The molecule has 270 valence electrons. The number of fused-ring (bicyclic) bond motifs is 2. The summed E-state index contributed by atoms with van der Waals surface area (Å²) >= 11 is 0. The van der Waals surface area contributed by atoms with Gasteiger partial charge in [0.15, 0.2) is 0 Å². The second kappa shape index (κ2) is 17.7. The van der Waals surface area contributed by atoms with E-state index in [9.17, 15) is 19.5 Å². The molecule has 4 amide bonds. The number of urea groups is 1. The van der Waals surface area contributed by atoms with Crippen molar-refractivity contribution >= 4 is 40.0 Å². The van der Waals surface area contributed by atoms with E-state index in [0.717, 1.165) is 67.8 Å². The molecule has 0 spiro atoms. The van der Waals surface area contributed by atoms with E-state index in [0.29, 0.717) is 30.2 Å². The van der Waals surface area contributed by atoms with Gasteiger partial charge >= 0.3 is 6.03 Å². The molecule has 4 atom stereocenters. The second-order valence-electron chi connectivity index (χ2n) is 14.2. The van der Waals surface area contributed by atoms with Crippen LogP contribution in [0.3, 0.4) is 0 Å². The molecule has 3 N–H and O–H groups in total. The average Bonchev–Trinajstić information content (AvgIpc) is 3.13. The van der Waals surface area contributed by atoms with Crippen LogP contribution in [0.4, 0.5) is 16.2 Å². The van der Waals surface area contributed by atoms with Gasteiger partial charge in [-0.3, -0.25) is 9.59 Å². The molecule has 5 rings (SSSR count). The third-order valence-corrected chi connectivity index (χ3v) is 10.1. The maximum atomic E-state index is 14.5. The molecule has 0 aromatic heterocycles. The minimum atomic E-state index is -0.503. The van der Waals surface area contributed by atoms with Gasteiger partial charge in [-0.05, 0) is 75.6 Å². The summed E-state index contributed by atoms with van der Waals surface area (Å²) in [7, 11) is 1.75. The minimum Gasteiger partial charge on any atom is -0.490 e. The SMILES string of the molecule is C[C@H]1CCCCO[C@@H](CN(C)C(=O)Nc2cccc3ccccc23)[C@@H](C)CN([C@@H](C)CO)C(=O)c2cc(NC(=O)C3CCCCC3)ccc2O1. The highest BCUT2D eigenvalue weighted by Gasteiger charge is 2.31. The minimum absolute atomic E-state index is 0.0184. The van der Waals surface area contributed by atoms with Gasteiger partial charge in [0.05, 0.1) is 36.1 Å². The van der Waals surface area contributed by atoms with Crippen molar-refractivity contribution in [2.45, 2.75) is 90.4 Å². The summed E-state index contributed by atoms with van der Waals surface area (Å²) in [5.74, 6) is -0.0838. The standard InChI is InChI=1S/C40H54N4O6/c1-27-24-44(28(2)26-45)39(47)34-23-32(41-38(46)31-15-6-5-7-16-31)20-21-36(34)50-29(3)13-10-11-22-49-37(27)25-43(4)40(48)42-35-19-12-17-30-14-8-9-18-33(30)35/h8-9,12,14,17-21,23,27-29,31,37,45H,5-7,10-11,13,15-16,22,24-26H2,1-4H3,(H,41,46)(H,42,48)/t27-,28-,29-,37-/m0/s1. The molecule has 10 nitrogen and oxygen atoms in total. The fourth-order valence-electron chi connectivity index (χ4n) is 6.97. The van der Waals surface area contributed by atoms with Gasteiger partial charge in [0, 0.05) is 49.7 Å². The average molecular weight is 687 g/mol. The number of likely N-dealkylation sites (N-methyl/N-ethyl adjacent to an activating group) is 1. The van der Waals surface area contributed by atoms with Crippen LogP contribution in [0.5, 0.6) is 5.75 Å². The van der Waals surface area contributed by atoms with E-state index in [1.165, 1.54) is 0 Å². The third kappa shape index (κ3) is 9.54. The number of aliphatic hydroxyl groups is 1. The van der Waals surface area contributed by atoms with Crippen LogP contribution in [-0.2, 0) is 9.53 Å². The van der Waals surface area contributed by atoms with Gasteiger partial charge in [-0.2, -0.15) is 0 Å². The molecule has 1 aliphatic carbocycles. The highest BCUT2D eigenvalue weighted by atomic mass is 16.5. The first-order chi connectivity index (χ1) is 24.1. The maximum Gasteiger partial charge on any atom is 0.321 e. The van der Waals surface area contributed by atoms with E-state index < -0.39 is 6.04 Å². The molecule has 0 saturated heterocycles. The lowest BCUT2D eigenvalue weighted by molar-refractivity contribution is -0.120. The van der Waals surface area contributed by atoms with Crippen molar-refractivity contribution in [1.29, 1.82) is 0 Å². The predicted octanol–water partition coefficient (Wildman–Crippen LogP) is 7.32. The van der Waals surface area contributed by atoms with Gasteiger partial charge in [-0.1, -0.05) is 62.6 Å². The van der Waals surface area contributed by atoms with Crippen LogP contribution < -0.4 is 15.4 Å². The van der Waals surface area contributed by atoms with Gasteiger partial charge in [0.1, 0.15) is 5.75 Å². The summed E-state index contributed by atoms with van der Waals surface area (Å²) in [5.41, 5.74) is 1.62. The van der Waals surface area contributed by atoms with Crippen LogP contribution in [0.25, 0.3) is 10.8 Å². The van der Waals surface area contributed by atoms with Crippen LogP contribution in [-0.4, -0.2) is 84.4 Å². The van der Waals surface area contributed by atoms with Crippen molar-refractivity contribution in [2.24, 2.45) is 11.8 Å². The molecule has 3 aromatic carbocycles. The molecule has 1 heterocycles. The van der Waals surface area contributed by atoms with Crippen molar-refractivity contribution in [1.82, 2.24) is 9.80 Å². The molecule has 1 aliphatic heterocycles. The molecule has 10 heteroatoms. The van der Waals surface area contributed by atoms with E-state index in [1.807, 2.05) is 63.2 Å². The number of ether oxygens (including phenoxy) is 2. The van der Waals surface area contributed by atoms with Crippen LogP contribution in [0.15, 0.2) is 60.7 Å².